The zero-order chi connectivity index (χ0) is 9.47. The third-order valence-electron chi connectivity index (χ3n) is 1.78. The van der Waals surface area contributed by atoms with Crippen molar-refractivity contribution < 1.29 is 8.42 Å². The van der Waals surface area contributed by atoms with Crippen molar-refractivity contribution in [3.8, 4) is 0 Å². The Balaban J connectivity index is 2.87. The summed E-state index contributed by atoms with van der Waals surface area (Å²) in [7, 11) is -3.33. The molecule has 1 aromatic carbocycles. The summed E-state index contributed by atoms with van der Waals surface area (Å²) in [4.78, 5) is 0.327. The third-order valence-corrected chi connectivity index (χ3v) is 3.90. The number of hydrogen-bond acceptors (Lipinski definition) is 3. The van der Waals surface area contributed by atoms with Gasteiger partial charge in [0, 0.05) is 15.5 Å². The van der Waals surface area contributed by atoms with Crippen LogP contribution in [0.5, 0.6) is 0 Å². The van der Waals surface area contributed by atoms with Gasteiger partial charge in [0.2, 0.25) is 0 Å². The van der Waals surface area contributed by atoms with E-state index in [1.807, 2.05) is 18.2 Å². The van der Waals surface area contributed by atoms with E-state index in [9.17, 15) is 8.42 Å². The van der Waals surface area contributed by atoms with Crippen LogP contribution in [0.25, 0.3) is 10.1 Å². The highest BCUT2D eigenvalue weighted by atomic mass is 32.2. The molecule has 0 aliphatic carbocycles. The SMILES string of the molecule is [CH2]S(=O)(=O)c1csc2ccccc12. The number of hydrogen-bond donors (Lipinski definition) is 0. The van der Waals surface area contributed by atoms with Crippen molar-refractivity contribution in [2.45, 2.75) is 4.90 Å². The standard InChI is InChI=1S/C9H7O2S2/c1-13(10,11)9-6-12-8-5-3-2-4-7(8)9/h2-6H,1H2. The normalized spacial score (nSPS) is 12.1. The molecular formula is C9H7O2S2. The molecule has 0 bridgehead atoms. The summed E-state index contributed by atoms with van der Waals surface area (Å²) in [5.74, 6) is 0. The van der Waals surface area contributed by atoms with Crippen LogP contribution in [0.1, 0.15) is 0 Å². The fourth-order valence-electron chi connectivity index (χ4n) is 1.19. The minimum absolute atomic E-state index is 0.327. The van der Waals surface area contributed by atoms with Crippen molar-refractivity contribution in [3.05, 3.63) is 35.9 Å². The first-order valence-corrected chi connectivity index (χ1v) is 6.16. The molecule has 2 rings (SSSR count). The molecule has 1 radical (unpaired) electrons. The predicted molar refractivity (Wildman–Crippen MR) is 54.4 cm³/mol. The topological polar surface area (TPSA) is 34.1 Å². The van der Waals surface area contributed by atoms with Crippen molar-refractivity contribution in [2.24, 2.45) is 0 Å². The molecule has 0 aliphatic heterocycles. The second-order valence-electron chi connectivity index (χ2n) is 2.71. The minimum atomic E-state index is -3.33. The number of sulfone groups is 1. The lowest BCUT2D eigenvalue weighted by Gasteiger charge is -1.93. The van der Waals surface area contributed by atoms with Gasteiger partial charge in [-0.05, 0) is 6.07 Å². The molecule has 0 spiro atoms. The van der Waals surface area contributed by atoms with E-state index in [0.29, 0.717) is 4.90 Å². The first-order chi connectivity index (χ1) is 6.09. The lowest BCUT2D eigenvalue weighted by molar-refractivity contribution is 0.605. The zero-order valence-corrected chi connectivity index (χ0v) is 8.36. The Morgan fingerprint density at radius 3 is 2.62 bits per heavy atom. The molecule has 2 aromatic rings. The molecule has 0 aliphatic rings. The first kappa shape index (κ1) is 8.72. The van der Waals surface area contributed by atoms with E-state index in [1.165, 1.54) is 11.3 Å². The van der Waals surface area contributed by atoms with Gasteiger partial charge in [0.25, 0.3) is 0 Å². The van der Waals surface area contributed by atoms with Gasteiger partial charge < -0.3 is 0 Å². The largest absolute Gasteiger partial charge is 0.224 e. The van der Waals surface area contributed by atoms with E-state index in [4.69, 9.17) is 0 Å². The van der Waals surface area contributed by atoms with Crippen LogP contribution in [0.15, 0.2) is 34.5 Å². The van der Waals surface area contributed by atoms with Crippen LogP contribution in [0, 0.1) is 6.26 Å². The van der Waals surface area contributed by atoms with Crippen LogP contribution in [-0.4, -0.2) is 8.42 Å². The molecule has 13 heavy (non-hydrogen) atoms. The smallest absolute Gasteiger partial charge is 0.180 e. The maximum absolute atomic E-state index is 11.2. The molecule has 0 N–H and O–H groups in total. The van der Waals surface area contributed by atoms with Gasteiger partial charge >= 0.3 is 0 Å². The van der Waals surface area contributed by atoms with Gasteiger partial charge in [0.05, 0.1) is 11.2 Å². The Kier molecular flexibility index (Phi) is 1.89. The Morgan fingerprint density at radius 1 is 1.23 bits per heavy atom. The molecule has 1 heterocycles. The molecule has 4 heteroatoms. The number of benzene rings is 1. The maximum atomic E-state index is 11.2. The fraction of sp³-hybridized carbons (Fsp3) is 0. The zero-order valence-electron chi connectivity index (χ0n) is 6.73. The maximum Gasteiger partial charge on any atom is 0.180 e. The molecule has 0 atom stereocenters. The van der Waals surface area contributed by atoms with E-state index in [0.717, 1.165) is 10.1 Å². The second kappa shape index (κ2) is 2.82. The predicted octanol–water partition coefficient (Wildman–Crippen LogP) is 2.47. The van der Waals surface area contributed by atoms with Gasteiger partial charge in [-0.1, -0.05) is 18.2 Å². The number of thiophene rings is 1. The summed E-state index contributed by atoms with van der Waals surface area (Å²) >= 11 is 1.42. The molecule has 67 valence electrons. The van der Waals surface area contributed by atoms with Gasteiger partial charge in [-0.25, -0.2) is 8.42 Å². The van der Waals surface area contributed by atoms with E-state index in [1.54, 1.807) is 11.4 Å². The van der Waals surface area contributed by atoms with Crippen LogP contribution in [-0.2, 0) is 9.84 Å². The number of fused-ring (bicyclic) bond motifs is 1. The lowest BCUT2D eigenvalue weighted by atomic mass is 10.3. The first-order valence-electron chi connectivity index (χ1n) is 3.63. The highest BCUT2D eigenvalue weighted by Gasteiger charge is 2.12. The average Bonchev–Trinajstić information content (AvgIpc) is 2.45. The lowest BCUT2D eigenvalue weighted by Crippen LogP contribution is -1.91. The summed E-state index contributed by atoms with van der Waals surface area (Å²) in [5.41, 5.74) is 0. The van der Waals surface area contributed by atoms with Crippen molar-refractivity contribution in [1.29, 1.82) is 0 Å². The highest BCUT2D eigenvalue weighted by molar-refractivity contribution is 7.93. The van der Waals surface area contributed by atoms with Crippen LogP contribution < -0.4 is 0 Å². The average molecular weight is 211 g/mol. The summed E-state index contributed by atoms with van der Waals surface area (Å²) in [5, 5.41) is 2.40. The van der Waals surface area contributed by atoms with Gasteiger partial charge in [0.1, 0.15) is 0 Å². The molecule has 0 saturated carbocycles. The van der Waals surface area contributed by atoms with Gasteiger partial charge in [-0.3, -0.25) is 0 Å². The van der Waals surface area contributed by atoms with E-state index in [2.05, 4.69) is 6.26 Å². The molecule has 0 fully saturated rings. The van der Waals surface area contributed by atoms with Crippen molar-refractivity contribution in [1.82, 2.24) is 0 Å². The van der Waals surface area contributed by atoms with Crippen molar-refractivity contribution in [2.75, 3.05) is 0 Å². The van der Waals surface area contributed by atoms with Crippen LogP contribution in [0.3, 0.4) is 0 Å². The Hall–Kier alpha value is -0.870. The highest BCUT2D eigenvalue weighted by Crippen LogP contribution is 2.29. The van der Waals surface area contributed by atoms with Gasteiger partial charge in [-0.2, -0.15) is 0 Å². The summed E-state index contributed by atoms with van der Waals surface area (Å²) in [6, 6.07) is 7.40. The molecular weight excluding hydrogens is 204 g/mol. The van der Waals surface area contributed by atoms with E-state index < -0.39 is 9.84 Å². The Labute approximate surface area is 80.7 Å². The van der Waals surface area contributed by atoms with Crippen LogP contribution in [0.4, 0.5) is 0 Å². The third kappa shape index (κ3) is 1.47. The van der Waals surface area contributed by atoms with Gasteiger partial charge in [0.15, 0.2) is 9.84 Å². The van der Waals surface area contributed by atoms with E-state index >= 15 is 0 Å². The second-order valence-corrected chi connectivity index (χ2v) is 5.29. The summed E-state index contributed by atoms with van der Waals surface area (Å²) in [6.07, 6.45) is 3.14. The molecule has 0 amide bonds. The number of rotatable bonds is 1. The van der Waals surface area contributed by atoms with Crippen LogP contribution in [0.2, 0.25) is 0 Å². The Morgan fingerprint density at radius 2 is 1.92 bits per heavy atom. The van der Waals surface area contributed by atoms with E-state index in [-0.39, 0.29) is 0 Å². The monoisotopic (exact) mass is 211 g/mol. The Bertz CT molecular complexity index is 537. The van der Waals surface area contributed by atoms with Crippen molar-refractivity contribution in [3.63, 3.8) is 0 Å². The quantitative estimate of drug-likeness (QED) is 0.726. The fourth-order valence-corrected chi connectivity index (χ4v) is 3.33. The summed E-state index contributed by atoms with van der Waals surface area (Å²) < 4.78 is 23.4. The molecule has 1 aromatic heterocycles. The molecule has 2 nitrogen and oxygen atoms in total. The molecule has 0 saturated heterocycles. The van der Waals surface area contributed by atoms with Crippen LogP contribution >= 0.6 is 11.3 Å². The van der Waals surface area contributed by atoms with Gasteiger partial charge in [-0.15, -0.1) is 11.3 Å². The van der Waals surface area contributed by atoms with Crippen molar-refractivity contribution >= 4 is 31.3 Å². The minimum Gasteiger partial charge on any atom is -0.224 e. The molecule has 0 unspecified atom stereocenters. The summed E-state index contributed by atoms with van der Waals surface area (Å²) in [6.45, 7) is 0.